The number of H-pyrrole nitrogens is 1. The third kappa shape index (κ3) is 2.36. The molecule has 1 aliphatic rings. The molecule has 0 unspecified atom stereocenters. The number of aromatic amines is 1. The van der Waals surface area contributed by atoms with E-state index in [0.29, 0.717) is 24.3 Å². The van der Waals surface area contributed by atoms with E-state index in [-0.39, 0.29) is 6.04 Å². The lowest BCUT2D eigenvalue weighted by Gasteiger charge is -2.24. The number of nitrogens with one attached hydrogen (secondary N) is 2. The monoisotopic (exact) mass is 264 g/mol. The maximum Gasteiger partial charge on any atom is 0.150 e. The van der Waals surface area contributed by atoms with Gasteiger partial charge in [0.05, 0.1) is 11.5 Å². The fourth-order valence-corrected chi connectivity index (χ4v) is 3.90. The third-order valence-electron chi connectivity index (χ3n) is 3.48. The van der Waals surface area contributed by atoms with E-state index >= 15 is 0 Å². The number of rotatable bonds is 2. The largest absolute Gasteiger partial charge is 0.382 e. The summed E-state index contributed by atoms with van der Waals surface area (Å²) in [4.78, 5) is 3.15. The van der Waals surface area contributed by atoms with Crippen LogP contribution in [0.1, 0.15) is 12.8 Å². The van der Waals surface area contributed by atoms with Crippen molar-refractivity contribution in [1.82, 2.24) is 4.98 Å². The van der Waals surface area contributed by atoms with E-state index in [2.05, 4.69) is 16.4 Å². The first-order valence-corrected chi connectivity index (χ1v) is 7.99. The van der Waals surface area contributed by atoms with Crippen LogP contribution in [0.15, 0.2) is 30.5 Å². The molecule has 0 spiro atoms. The van der Waals surface area contributed by atoms with Crippen molar-refractivity contribution in [3.63, 3.8) is 0 Å². The quantitative estimate of drug-likeness (QED) is 0.873. The lowest BCUT2D eigenvalue weighted by molar-refractivity contribution is 0.559. The van der Waals surface area contributed by atoms with E-state index in [0.717, 1.165) is 11.2 Å². The third-order valence-corrected chi connectivity index (χ3v) is 5.19. The molecule has 2 aromatic rings. The molecule has 1 saturated heterocycles. The summed E-state index contributed by atoms with van der Waals surface area (Å²) < 4.78 is 22.7. The lowest BCUT2D eigenvalue weighted by atomic mass is 10.1. The molecule has 0 radical (unpaired) electrons. The molecule has 5 heteroatoms. The zero-order chi connectivity index (χ0) is 12.6. The Morgan fingerprint density at radius 3 is 2.72 bits per heavy atom. The molecule has 1 aromatic carbocycles. The van der Waals surface area contributed by atoms with Crippen LogP contribution in [-0.2, 0) is 9.84 Å². The van der Waals surface area contributed by atoms with E-state index in [1.807, 2.05) is 24.4 Å². The summed E-state index contributed by atoms with van der Waals surface area (Å²) in [6, 6.07) is 8.46. The van der Waals surface area contributed by atoms with Crippen molar-refractivity contribution in [2.24, 2.45) is 0 Å². The first-order chi connectivity index (χ1) is 8.62. The number of hydrogen-bond donors (Lipinski definition) is 2. The molecule has 2 N–H and O–H groups in total. The van der Waals surface area contributed by atoms with Crippen molar-refractivity contribution in [2.45, 2.75) is 18.9 Å². The van der Waals surface area contributed by atoms with Gasteiger partial charge in [0.25, 0.3) is 0 Å². The molecule has 3 rings (SSSR count). The van der Waals surface area contributed by atoms with Gasteiger partial charge in [-0.3, -0.25) is 0 Å². The number of benzene rings is 1. The minimum Gasteiger partial charge on any atom is -0.382 e. The normalized spacial score (nSPS) is 20.0. The summed E-state index contributed by atoms with van der Waals surface area (Å²) in [6.07, 6.45) is 3.32. The molecule has 0 amide bonds. The average molecular weight is 264 g/mol. The molecule has 2 heterocycles. The summed E-state index contributed by atoms with van der Waals surface area (Å²) in [6.45, 7) is 0. The van der Waals surface area contributed by atoms with Gasteiger partial charge in [-0.25, -0.2) is 8.42 Å². The van der Waals surface area contributed by atoms with Crippen LogP contribution in [0, 0.1) is 0 Å². The Balaban J connectivity index is 1.72. The standard InChI is InChI=1S/C13H16N2O2S/c16-18(17)7-4-11(5-8-18)15-12-1-2-13-10(9-12)3-6-14-13/h1-3,6,9,11,14-15H,4-5,7-8H2. The van der Waals surface area contributed by atoms with Crippen LogP contribution in [0.4, 0.5) is 5.69 Å². The van der Waals surface area contributed by atoms with Crippen molar-refractivity contribution in [1.29, 1.82) is 0 Å². The van der Waals surface area contributed by atoms with Gasteiger partial charge in [0.1, 0.15) is 9.84 Å². The van der Waals surface area contributed by atoms with Crippen LogP contribution < -0.4 is 5.32 Å². The van der Waals surface area contributed by atoms with Gasteiger partial charge in [-0.2, -0.15) is 0 Å². The second-order valence-electron chi connectivity index (χ2n) is 4.85. The van der Waals surface area contributed by atoms with Crippen LogP contribution >= 0.6 is 0 Å². The first kappa shape index (κ1) is 11.6. The molecule has 1 aliphatic heterocycles. The Morgan fingerprint density at radius 2 is 1.94 bits per heavy atom. The van der Waals surface area contributed by atoms with Gasteiger partial charge in [0, 0.05) is 28.8 Å². The highest BCUT2D eigenvalue weighted by atomic mass is 32.2. The van der Waals surface area contributed by atoms with Crippen molar-refractivity contribution in [3.8, 4) is 0 Å². The van der Waals surface area contributed by atoms with Gasteiger partial charge in [-0.15, -0.1) is 0 Å². The Kier molecular flexibility index (Phi) is 2.78. The van der Waals surface area contributed by atoms with Crippen molar-refractivity contribution < 1.29 is 8.42 Å². The van der Waals surface area contributed by atoms with Gasteiger partial charge < -0.3 is 10.3 Å². The predicted molar refractivity (Wildman–Crippen MR) is 73.6 cm³/mol. The van der Waals surface area contributed by atoms with E-state index in [1.54, 1.807) is 0 Å². The number of hydrogen-bond acceptors (Lipinski definition) is 3. The van der Waals surface area contributed by atoms with E-state index in [4.69, 9.17) is 0 Å². The number of aromatic nitrogens is 1. The van der Waals surface area contributed by atoms with Crippen molar-refractivity contribution in [3.05, 3.63) is 30.5 Å². The Bertz CT molecular complexity index is 646. The molecule has 0 bridgehead atoms. The maximum atomic E-state index is 11.4. The molecule has 1 aromatic heterocycles. The minimum atomic E-state index is -2.78. The van der Waals surface area contributed by atoms with Gasteiger partial charge >= 0.3 is 0 Å². The molecule has 4 nitrogen and oxygen atoms in total. The first-order valence-electron chi connectivity index (χ1n) is 6.16. The summed E-state index contributed by atoms with van der Waals surface area (Å²) >= 11 is 0. The molecule has 96 valence electrons. The Morgan fingerprint density at radius 1 is 1.17 bits per heavy atom. The van der Waals surface area contributed by atoms with E-state index in [9.17, 15) is 8.42 Å². The molecule has 18 heavy (non-hydrogen) atoms. The van der Waals surface area contributed by atoms with Gasteiger partial charge in [0.2, 0.25) is 0 Å². The highest BCUT2D eigenvalue weighted by Crippen LogP contribution is 2.21. The second kappa shape index (κ2) is 4.31. The van der Waals surface area contributed by atoms with Crippen LogP contribution in [0.25, 0.3) is 10.9 Å². The van der Waals surface area contributed by atoms with E-state index < -0.39 is 9.84 Å². The zero-order valence-electron chi connectivity index (χ0n) is 10.0. The van der Waals surface area contributed by atoms with E-state index in [1.165, 1.54) is 5.39 Å². The number of sulfone groups is 1. The predicted octanol–water partition coefficient (Wildman–Crippen LogP) is 2.16. The van der Waals surface area contributed by atoms with Crippen LogP contribution in [-0.4, -0.2) is 30.9 Å². The van der Waals surface area contributed by atoms with Gasteiger partial charge in [-0.1, -0.05) is 0 Å². The number of anilines is 1. The molecule has 0 atom stereocenters. The highest BCUT2D eigenvalue weighted by molar-refractivity contribution is 7.91. The SMILES string of the molecule is O=S1(=O)CCC(Nc2ccc3[nH]ccc3c2)CC1. The fraction of sp³-hybridized carbons (Fsp3) is 0.385. The van der Waals surface area contributed by atoms with Crippen molar-refractivity contribution in [2.75, 3.05) is 16.8 Å². The van der Waals surface area contributed by atoms with Crippen LogP contribution in [0.3, 0.4) is 0 Å². The summed E-state index contributed by atoms with van der Waals surface area (Å²) in [5.74, 6) is 0.605. The van der Waals surface area contributed by atoms with Gasteiger partial charge in [0.15, 0.2) is 0 Å². The smallest absolute Gasteiger partial charge is 0.150 e. The zero-order valence-corrected chi connectivity index (χ0v) is 10.8. The summed E-state index contributed by atoms with van der Waals surface area (Å²) in [5.41, 5.74) is 2.18. The molecule has 0 aliphatic carbocycles. The Labute approximate surface area is 106 Å². The second-order valence-corrected chi connectivity index (χ2v) is 7.15. The maximum absolute atomic E-state index is 11.4. The van der Waals surface area contributed by atoms with Crippen LogP contribution in [0.2, 0.25) is 0 Å². The highest BCUT2D eigenvalue weighted by Gasteiger charge is 2.23. The molecule has 1 fully saturated rings. The topological polar surface area (TPSA) is 62.0 Å². The molecular formula is C13H16N2O2S. The minimum absolute atomic E-state index is 0.268. The van der Waals surface area contributed by atoms with Crippen molar-refractivity contribution >= 4 is 26.4 Å². The average Bonchev–Trinajstić information content (AvgIpc) is 2.79. The number of fused-ring (bicyclic) bond motifs is 1. The Hall–Kier alpha value is -1.49. The summed E-state index contributed by atoms with van der Waals surface area (Å²) in [7, 11) is -2.78. The fourth-order valence-electron chi connectivity index (χ4n) is 2.41. The van der Waals surface area contributed by atoms with Crippen LogP contribution in [0.5, 0.6) is 0 Å². The summed E-state index contributed by atoms with van der Waals surface area (Å²) in [5, 5.41) is 4.59. The van der Waals surface area contributed by atoms with Gasteiger partial charge in [-0.05, 0) is 37.1 Å². The molecule has 0 saturated carbocycles. The lowest BCUT2D eigenvalue weighted by Crippen LogP contribution is -2.32. The molecular weight excluding hydrogens is 248 g/mol.